The number of hydrogen-bond donors (Lipinski definition) is 2. The summed E-state index contributed by atoms with van der Waals surface area (Å²) >= 11 is 0. The van der Waals surface area contributed by atoms with E-state index >= 15 is 0 Å². The highest BCUT2D eigenvalue weighted by Crippen LogP contribution is 2.07. The number of rotatable bonds is 6. The third-order valence-electron chi connectivity index (χ3n) is 3.29. The quantitative estimate of drug-likeness (QED) is 0.723. The van der Waals surface area contributed by atoms with E-state index in [9.17, 15) is 19.2 Å². The first-order chi connectivity index (χ1) is 13.3. The van der Waals surface area contributed by atoms with Gasteiger partial charge in [-0.15, -0.1) is 0 Å². The van der Waals surface area contributed by atoms with Crippen LogP contribution < -0.4 is 0 Å². The minimum atomic E-state index is -1.06. The van der Waals surface area contributed by atoms with Crippen LogP contribution in [0.3, 0.4) is 0 Å². The Morgan fingerprint density at radius 1 is 0.607 bits per heavy atom. The van der Waals surface area contributed by atoms with Gasteiger partial charge < -0.3 is 19.7 Å². The minimum Gasteiger partial charge on any atom is -0.478 e. The standard InChI is InChI=1S/C12H14O4.C8H6O4/c1-3-15-11(13)9-5-7-10(8-6-9)12(14)16-4-2;9-7(10)5-1-2-6(4-3-5)8(11)12/h5-8H,3-4H2,1-2H3;1-4H,(H,9,10)(H,11,12). The van der Waals surface area contributed by atoms with Crippen molar-refractivity contribution < 1.29 is 38.9 Å². The predicted molar refractivity (Wildman–Crippen MR) is 98.7 cm³/mol. The van der Waals surface area contributed by atoms with E-state index in [1.54, 1.807) is 38.1 Å². The van der Waals surface area contributed by atoms with E-state index in [1.165, 1.54) is 24.3 Å². The van der Waals surface area contributed by atoms with E-state index in [2.05, 4.69) is 0 Å². The van der Waals surface area contributed by atoms with Crippen LogP contribution in [0, 0.1) is 0 Å². The van der Waals surface area contributed by atoms with E-state index in [0.29, 0.717) is 24.3 Å². The summed E-state index contributed by atoms with van der Waals surface area (Å²) in [6.45, 7) is 4.15. The van der Waals surface area contributed by atoms with E-state index in [1.807, 2.05) is 0 Å². The summed E-state index contributed by atoms with van der Waals surface area (Å²) in [5.41, 5.74) is 1.02. The van der Waals surface area contributed by atoms with Crippen LogP contribution in [0.4, 0.5) is 0 Å². The lowest BCUT2D eigenvalue weighted by Crippen LogP contribution is -2.07. The average molecular weight is 388 g/mol. The van der Waals surface area contributed by atoms with Gasteiger partial charge in [-0.1, -0.05) is 0 Å². The SMILES string of the molecule is CCOC(=O)c1ccc(C(=O)OCC)cc1.O=C(O)c1ccc(C(=O)O)cc1. The van der Waals surface area contributed by atoms with Crippen LogP contribution in [0.25, 0.3) is 0 Å². The monoisotopic (exact) mass is 388 g/mol. The lowest BCUT2D eigenvalue weighted by molar-refractivity contribution is 0.0511. The molecule has 0 saturated carbocycles. The van der Waals surface area contributed by atoms with Gasteiger partial charge in [-0.3, -0.25) is 0 Å². The van der Waals surface area contributed by atoms with Gasteiger partial charge in [-0.2, -0.15) is 0 Å². The molecule has 0 spiro atoms. The zero-order valence-electron chi connectivity index (χ0n) is 15.4. The Morgan fingerprint density at radius 2 is 0.857 bits per heavy atom. The Labute approximate surface area is 161 Å². The zero-order chi connectivity index (χ0) is 21.1. The van der Waals surface area contributed by atoms with Gasteiger partial charge in [0.25, 0.3) is 0 Å². The molecule has 0 amide bonds. The van der Waals surface area contributed by atoms with Crippen LogP contribution in [0.5, 0.6) is 0 Å². The number of esters is 2. The lowest BCUT2D eigenvalue weighted by atomic mass is 10.1. The molecule has 0 aliphatic rings. The van der Waals surface area contributed by atoms with Gasteiger partial charge in [0.1, 0.15) is 0 Å². The minimum absolute atomic E-state index is 0.0833. The first kappa shape index (κ1) is 22.4. The van der Waals surface area contributed by atoms with Crippen LogP contribution in [-0.2, 0) is 9.47 Å². The number of carboxylic acids is 2. The summed E-state index contributed by atoms with van der Waals surface area (Å²) < 4.78 is 9.64. The number of hydrogen-bond acceptors (Lipinski definition) is 6. The fourth-order valence-electron chi connectivity index (χ4n) is 1.93. The van der Waals surface area contributed by atoms with Gasteiger partial charge in [0.2, 0.25) is 0 Å². The molecule has 0 heterocycles. The van der Waals surface area contributed by atoms with Crippen molar-refractivity contribution in [3.05, 3.63) is 70.8 Å². The summed E-state index contributed by atoms with van der Waals surface area (Å²) in [7, 11) is 0. The highest BCUT2D eigenvalue weighted by molar-refractivity contribution is 5.93. The number of carbonyl (C=O) groups is 4. The van der Waals surface area contributed by atoms with Gasteiger partial charge in [0, 0.05) is 0 Å². The zero-order valence-corrected chi connectivity index (χ0v) is 15.4. The smallest absolute Gasteiger partial charge is 0.338 e. The first-order valence-corrected chi connectivity index (χ1v) is 8.31. The lowest BCUT2D eigenvalue weighted by Gasteiger charge is -2.03. The summed E-state index contributed by atoms with van der Waals surface area (Å²) in [5, 5.41) is 16.9. The van der Waals surface area contributed by atoms with Crippen LogP contribution >= 0.6 is 0 Å². The number of carboxylic acid groups (broad SMARTS) is 2. The number of benzene rings is 2. The summed E-state index contributed by atoms with van der Waals surface area (Å²) in [6, 6.07) is 11.2. The van der Waals surface area contributed by atoms with Gasteiger partial charge in [0.05, 0.1) is 35.5 Å². The van der Waals surface area contributed by atoms with Crippen molar-refractivity contribution in [1.29, 1.82) is 0 Å². The molecule has 0 atom stereocenters. The van der Waals surface area contributed by atoms with Crippen LogP contribution in [0.2, 0.25) is 0 Å². The Bertz CT molecular complexity index is 752. The maximum absolute atomic E-state index is 11.3. The molecule has 0 saturated heterocycles. The molecule has 0 aliphatic carbocycles. The largest absolute Gasteiger partial charge is 0.478 e. The maximum Gasteiger partial charge on any atom is 0.338 e. The molecule has 0 unspecified atom stereocenters. The molecular weight excluding hydrogens is 368 g/mol. The number of ether oxygens (including phenoxy) is 2. The first-order valence-electron chi connectivity index (χ1n) is 8.31. The molecular formula is C20H20O8. The van der Waals surface area contributed by atoms with Crippen molar-refractivity contribution in [2.75, 3.05) is 13.2 Å². The molecule has 0 bridgehead atoms. The Kier molecular flexibility index (Phi) is 8.88. The molecule has 2 aromatic carbocycles. The molecule has 0 fully saturated rings. The van der Waals surface area contributed by atoms with E-state index < -0.39 is 23.9 Å². The number of carbonyl (C=O) groups excluding carboxylic acids is 2. The molecule has 0 radical (unpaired) electrons. The Balaban J connectivity index is 0.000000292. The molecule has 28 heavy (non-hydrogen) atoms. The van der Waals surface area contributed by atoms with Gasteiger partial charge in [0.15, 0.2) is 0 Å². The normalized spacial score (nSPS) is 9.50. The molecule has 148 valence electrons. The van der Waals surface area contributed by atoms with Gasteiger partial charge >= 0.3 is 23.9 Å². The molecule has 2 N–H and O–H groups in total. The van der Waals surface area contributed by atoms with Crippen LogP contribution in [0.15, 0.2) is 48.5 Å². The van der Waals surface area contributed by atoms with Gasteiger partial charge in [-0.05, 0) is 62.4 Å². The molecule has 8 nitrogen and oxygen atoms in total. The van der Waals surface area contributed by atoms with Crippen molar-refractivity contribution in [3.8, 4) is 0 Å². The van der Waals surface area contributed by atoms with E-state index in [-0.39, 0.29) is 11.1 Å². The summed E-state index contributed by atoms with van der Waals surface area (Å²) in [4.78, 5) is 43.3. The third kappa shape index (κ3) is 6.91. The Hall–Kier alpha value is -3.68. The van der Waals surface area contributed by atoms with Crippen molar-refractivity contribution in [2.45, 2.75) is 13.8 Å². The van der Waals surface area contributed by atoms with Crippen LogP contribution in [-0.4, -0.2) is 47.3 Å². The molecule has 0 aliphatic heterocycles. The molecule has 2 aromatic rings. The second kappa shape index (κ2) is 11.1. The third-order valence-corrected chi connectivity index (χ3v) is 3.29. The highest BCUT2D eigenvalue weighted by Gasteiger charge is 2.09. The van der Waals surface area contributed by atoms with Crippen molar-refractivity contribution in [1.82, 2.24) is 0 Å². The summed E-state index contributed by atoms with van der Waals surface area (Å²) in [6.07, 6.45) is 0. The van der Waals surface area contributed by atoms with E-state index in [0.717, 1.165) is 0 Å². The maximum atomic E-state index is 11.3. The van der Waals surface area contributed by atoms with Crippen LogP contribution in [0.1, 0.15) is 55.3 Å². The molecule has 0 aromatic heterocycles. The topological polar surface area (TPSA) is 127 Å². The average Bonchev–Trinajstić information content (AvgIpc) is 2.69. The Morgan fingerprint density at radius 3 is 1.07 bits per heavy atom. The fraction of sp³-hybridized carbons (Fsp3) is 0.200. The summed E-state index contributed by atoms with van der Waals surface area (Å²) in [5.74, 6) is -2.91. The fourth-order valence-corrected chi connectivity index (χ4v) is 1.93. The second-order valence-corrected chi connectivity index (χ2v) is 5.21. The van der Waals surface area contributed by atoms with Crippen molar-refractivity contribution in [3.63, 3.8) is 0 Å². The predicted octanol–water partition coefficient (Wildman–Crippen LogP) is 3.12. The highest BCUT2D eigenvalue weighted by atomic mass is 16.5. The van der Waals surface area contributed by atoms with Gasteiger partial charge in [-0.25, -0.2) is 19.2 Å². The molecule has 2 rings (SSSR count). The second-order valence-electron chi connectivity index (χ2n) is 5.21. The molecule has 8 heteroatoms. The van der Waals surface area contributed by atoms with Crippen molar-refractivity contribution in [2.24, 2.45) is 0 Å². The van der Waals surface area contributed by atoms with Crippen molar-refractivity contribution >= 4 is 23.9 Å². The van der Waals surface area contributed by atoms with E-state index in [4.69, 9.17) is 19.7 Å². The number of aromatic carboxylic acids is 2.